The quantitative estimate of drug-likeness (QED) is 0.0244. The highest BCUT2D eigenvalue weighted by Gasteiger charge is 2.27. The van der Waals surface area contributed by atoms with E-state index in [1.165, 1.54) is 199 Å². The van der Waals surface area contributed by atoms with Crippen molar-refractivity contribution >= 4 is 13.7 Å². The second-order valence-electron chi connectivity index (χ2n) is 18.9. The predicted octanol–water partition coefficient (Wildman–Crippen LogP) is 14.7. The molecule has 0 aromatic rings. The van der Waals surface area contributed by atoms with Gasteiger partial charge in [0.1, 0.15) is 13.2 Å². The van der Waals surface area contributed by atoms with Gasteiger partial charge in [0.05, 0.1) is 39.9 Å². The number of carbonyl (C=O) groups is 1. The Balaban J connectivity index is 4.15. The molecule has 0 fully saturated rings. The minimum Gasteiger partial charge on any atom is -0.387 e. The molecule has 0 aromatic heterocycles. The summed E-state index contributed by atoms with van der Waals surface area (Å²) in [5, 5.41) is 13.9. The number of nitrogens with zero attached hydrogens (tertiary/aromatic N) is 1. The predicted molar refractivity (Wildman–Crippen MR) is 254 cm³/mol. The summed E-state index contributed by atoms with van der Waals surface area (Å²) in [6, 6.07) is -0.840. The highest BCUT2D eigenvalue weighted by molar-refractivity contribution is 7.47. The van der Waals surface area contributed by atoms with Crippen molar-refractivity contribution in [1.82, 2.24) is 5.32 Å². The number of aliphatic hydroxyl groups excluding tert-OH is 1. The number of aliphatic hydroxyl groups is 1. The van der Waals surface area contributed by atoms with Crippen molar-refractivity contribution in [3.05, 3.63) is 12.2 Å². The third-order valence-corrected chi connectivity index (χ3v) is 12.7. The molecular weight excluding hydrogens is 756 g/mol. The van der Waals surface area contributed by atoms with E-state index in [1.54, 1.807) is 6.08 Å². The van der Waals surface area contributed by atoms with E-state index < -0.39 is 20.0 Å². The molecule has 0 aromatic carbocycles. The number of amides is 1. The molecule has 3 N–H and O–H groups in total. The third-order valence-electron chi connectivity index (χ3n) is 11.8. The van der Waals surface area contributed by atoms with Gasteiger partial charge in [0.25, 0.3) is 0 Å². The average Bonchev–Trinajstić information content (AvgIpc) is 3.19. The summed E-state index contributed by atoms with van der Waals surface area (Å²) < 4.78 is 23.6. The van der Waals surface area contributed by atoms with E-state index >= 15 is 0 Å². The molecule has 0 radical (unpaired) electrons. The molecule has 9 heteroatoms. The van der Waals surface area contributed by atoms with Crippen LogP contribution in [-0.2, 0) is 18.4 Å². The molecule has 0 spiro atoms. The summed E-state index contributed by atoms with van der Waals surface area (Å²) in [6.07, 6.45) is 50.2. The van der Waals surface area contributed by atoms with E-state index in [0.717, 1.165) is 32.1 Å². The van der Waals surface area contributed by atoms with Crippen molar-refractivity contribution in [3.8, 4) is 0 Å². The molecule has 0 aliphatic rings. The van der Waals surface area contributed by atoms with Crippen LogP contribution in [0.1, 0.15) is 251 Å². The number of quaternary nitrogens is 1. The Morgan fingerprint density at radius 2 is 0.898 bits per heavy atom. The van der Waals surface area contributed by atoms with Crippen LogP contribution in [0.15, 0.2) is 12.2 Å². The topological polar surface area (TPSA) is 105 Å². The molecule has 0 aliphatic heterocycles. The fourth-order valence-electron chi connectivity index (χ4n) is 7.69. The fraction of sp³-hybridized carbons (Fsp3) is 0.940. The molecular formula is C50H102N2O6P+. The number of carbonyl (C=O) groups excluding carboxylic acids is 1. The largest absolute Gasteiger partial charge is 0.472 e. The van der Waals surface area contributed by atoms with Crippen LogP contribution in [0.25, 0.3) is 0 Å². The number of nitrogens with one attached hydrogen (secondary N) is 1. The summed E-state index contributed by atoms with van der Waals surface area (Å²) >= 11 is 0. The summed E-state index contributed by atoms with van der Waals surface area (Å²) in [5.74, 6) is -0.175. The Labute approximate surface area is 367 Å². The Bertz CT molecular complexity index is 974. The first-order valence-corrected chi connectivity index (χ1v) is 27.1. The number of unbranched alkanes of at least 4 members (excludes halogenated alkanes) is 34. The first-order valence-electron chi connectivity index (χ1n) is 25.6. The Morgan fingerprint density at radius 1 is 0.559 bits per heavy atom. The molecule has 8 nitrogen and oxygen atoms in total. The normalized spacial score (nSPS) is 14.2. The number of phosphoric acid groups is 1. The number of allylic oxidation sites excluding steroid dienone is 1. The Hall–Kier alpha value is -0.760. The van der Waals surface area contributed by atoms with Crippen molar-refractivity contribution < 1.29 is 32.9 Å². The van der Waals surface area contributed by atoms with Crippen LogP contribution in [0.2, 0.25) is 0 Å². The number of phosphoric ester groups is 1. The summed E-state index contributed by atoms with van der Waals surface area (Å²) in [6.45, 7) is 4.83. The van der Waals surface area contributed by atoms with Crippen LogP contribution in [0, 0.1) is 0 Å². The number of hydrogen-bond acceptors (Lipinski definition) is 5. The van der Waals surface area contributed by atoms with Crippen LogP contribution in [0.4, 0.5) is 0 Å². The van der Waals surface area contributed by atoms with Crippen LogP contribution in [0.3, 0.4) is 0 Å². The van der Waals surface area contributed by atoms with Gasteiger partial charge in [0.15, 0.2) is 0 Å². The monoisotopic (exact) mass is 858 g/mol. The summed E-state index contributed by atoms with van der Waals surface area (Å²) in [7, 11) is 1.58. The minimum absolute atomic E-state index is 0.0647. The van der Waals surface area contributed by atoms with Gasteiger partial charge in [-0.25, -0.2) is 4.57 Å². The van der Waals surface area contributed by atoms with E-state index in [0.29, 0.717) is 17.4 Å². The van der Waals surface area contributed by atoms with Gasteiger partial charge in [-0.05, 0) is 19.3 Å². The standard InChI is InChI=1S/C50H101N2O6P/c1-6-8-10-12-14-16-18-19-20-21-22-23-24-25-26-27-28-29-30-31-32-34-35-37-39-41-43-49(53)48(47-58-59(55,56)57-46-45-52(3,4)5)51-50(54)44-42-40-38-36-33-17-15-13-11-9-7-2/h41,43,48-49,53H,6-40,42,44-47H2,1-5H3,(H-,51,54,55,56)/p+1/b43-41+. The molecule has 0 aliphatic carbocycles. The second kappa shape index (κ2) is 42.5. The fourth-order valence-corrected chi connectivity index (χ4v) is 8.43. The van der Waals surface area contributed by atoms with Gasteiger partial charge >= 0.3 is 7.82 Å². The molecule has 1 amide bonds. The highest BCUT2D eigenvalue weighted by atomic mass is 31.2. The van der Waals surface area contributed by atoms with Gasteiger partial charge < -0.3 is 19.8 Å². The minimum atomic E-state index is -4.33. The SMILES string of the molecule is CCCCCCCCCCCCCCCCCCCCCCCCCC/C=C/C(O)C(COP(=O)(O)OCC[N+](C)(C)C)NC(=O)CCCCCCCCCCCCC. The maximum Gasteiger partial charge on any atom is 0.472 e. The van der Waals surface area contributed by atoms with E-state index in [9.17, 15) is 19.4 Å². The van der Waals surface area contributed by atoms with E-state index in [-0.39, 0.29) is 19.1 Å². The van der Waals surface area contributed by atoms with E-state index in [2.05, 4.69) is 19.2 Å². The molecule has 0 bridgehead atoms. The van der Waals surface area contributed by atoms with Gasteiger partial charge in [-0.2, -0.15) is 0 Å². The smallest absolute Gasteiger partial charge is 0.387 e. The maximum atomic E-state index is 12.9. The molecule has 0 saturated heterocycles. The van der Waals surface area contributed by atoms with Crippen LogP contribution >= 0.6 is 7.82 Å². The summed E-state index contributed by atoms with van der Waals surface area (Å²) in [4.78, 5) is 23.1. The van der Waals surface area contributed by atoms with E-state index in [4.69, 9.17) is 9.05 Å². The summed E-state index contributed by atoms with van der Waals surface area (Å²) in [5.41, 5.74) is 0. The molecule has 0 saturated carbocycles. The molecule has 3 atom stereocenters. The number of hydrogen-bond donors (Lipinski definition) is 3. The van der Waals surface area contributed by atoms with Crippen molar-refractivity contribution in [1.29, 1.82) is 0 Å². The zero-order chi connectivity index (χ0) is 43.6. The third kappa shape index (κ3) is 45.1. The molecule has 352 valence electrons. The van der Waals surface area contributed by atoms with Gasteiger partial charge in [-0.1, -0.05) is 238 Å². The van der Waals surface area contributed by atoms with Gasteiger partial charge in [0.2, 0.25) is 5.91 Å². The molecule has 3 unspecified atom stereocenters. The number of rotatable bonds is 47. The maximum absolute atomic E-state index is 12.9. The van der Waals surface area contributed by atoms with E-state index in [1.807, 2.05) is 27.2 Å². The van der Waals surface area contributed by atoms with Crippen molar-refractivity contribution in [2.75, 3.05) is 40.9 Å². The van der Waals surface area contributed by atoms with Gasteiger partial charge in [0, 0.05) is 6.42 Å². The lowest BCUT2D eigenvalue weighted by Gasteiger charge is -2.25. The zero-order valence-electron chi connectivity index (χ0n) is 40.0. The lowest BCUT2D eigenvalue weighted by molar-refractivity contribution is -0.870. The first-order chi connectivity index (χ1) is 28.5. The molecule has 0 rings (SSSR count). The van der Waals surface area contributed by atoms with Crippen LogP contribution in [-0.4, -0.2) is 73.4 Å². The number of likely N-dealkylation sites (N-methyl/N-ethyl adjacent to an activating group) is 1. The van der Waals surface area contributed by atoms with Crippen LogP contribution in [0.5, 0.6) is 0 Å². The second-order valence-corrected chi connectivity index (χ2v) is 20.4. The lowest BCUT2D eigenvalue weighted by atomic mass is 10.0. The first kappa shape index (κ1) is 58.2. The Morgan fingerprint density at radius 3 is 1.25 bits per heavy atom. The molecule has 59 heavy (non-hydrogen) atoms. The van der Waals surface area contributed by atoms with Gasteiger partial charge in [-0.15, -0.1) is 0 Å². The Kier molecular flexibility index (Phi) is 42.0. The van der Waals surface area contributed by atoms with Crippen molar-refractivity contribution in [2.24, 2.45) is 0 Å². The zero-order valence-corrected chi connectivity index (χ0v) is 40.9. The van der Waals surface area contributed by atoms with Crippen molar-refractivity contribution in [2.45, 2.75) is 264 Å². The van der Waals surface area contributed by atoms with Crippen LogP contribution < -0.4 is 5.32 Å². The average molecular weight is 858 g/mol. The van der Waals surface area contributed by atoms with Gasteiger partial charge in [-0.3, -0.25) is 13.8 Å². The highest BCUT2D eigenvalue weighted by Crippen LogP contribution is 2.43. The lowest BCUT2D eigenvalue weighted by Crippen LogP contribution is -2.45. The molecule has 0 heterocycles. The van der Waals surface area contributed by atoms with Crippen molar-refractivity contribution in [3.63, 3.8) is 0 Å².